The molecule has 0 aliphatic rings. The van der Waals surface area contributed by atoms with Crippen LogP contribution >= 0.6 is 27.5 Å². The molecule has 0 aliphatic heterocycles. The van der Waals surface area contributed by atoms with Crippen LogP contribution in [-0.2, 0) is 11.8 Å². The number of hydrogen-bond donors (Lipinski definition) is 1. The van der Waals surface area contributed by atoms with Crippen molar-refractivity contribution in [2.24, 2.45) is 5.73 Å². The topological polar surface area (TPSA) is 26.0 Å². The molecule has 1 atom stereocenters. The molecular formula is C16H16BrClFN. The third-order valence-corrected chi connectivity index (χ3v) is 4.28. The SMILES string of the molecule is NC[C@](CF)(Cc1ccc(Cl)cc1)c1cccc(Br)c1. The lowest BCUT2D eigenvalue weighted by atomic mass is 9.76. The predicted octanol–water partition coefficient (Wildman–Crippen LogP) is 4.51. The van der Waals surface area contributed by atoms with E-state index < -0.39 is 12.1 Å². The van der Waals surface area contributed by atoms with Crippen molar-refractivity contribution >= 4 is 27.5 Å². The zero-order chi connectivity index (χ0) is 14.6. The Labute approximate surface area is 132 Å². The van der Waals surface area contributed by atoms with Crippen LogP contribution in [0.2, 0.25) is 5.02 Å². The third-order valence-electron chi connectivity index (χ3n) is 3.54. The van der Waals surface area contributed by atoms with Gasteiger partial charge in [-0.25, -0.2) is 0 Å². The number of benzene rings is 2. The van der Waals surface area contributed by atoms with Gasteiger partial charge in [0, 0.05) is 21.5 Å². The summed E-state index contributed by atoms with van der Waals surface area (Å²) in [5.74, 6) is 0. The highest BCUT2D eigenvalue weighted by atomic mass is 79.9. The molecule has 0 saturated carbocycles. The van der Waals surface area contributed by atoms with E-state index in [2.05, 4.69) is 15.9 Å². The number of hydrogen-bond acceptors (Lipinski definition) is 1. The lowest BCUT2D eigenvalue weighted by Gasteiger charge is -2.30. The van der Waals surface area contributed by atoms with Gasteiger partial charge in [0.05, 0.1) is 0 Å². The Hall–Kier alpha value is -0.900. The molecule has 2 rings (SSSR count). The average molecular weight is 357 g/mol. The van der Waals surface area contributed by atoms with Crippen LogP contribution in [0.25, 0.3) is 0 Å². The summed E-state index contributed by atoms with van der Waals surface area (Å²) in [6.07, 6.45) is 0.549. The van der Waals surface area contributed by atoms with Gasteiger partial charge in [-0.15, -0.1) is 0 Å². The number of alkyl halides is 1. The van der Waals surface area contributed by atoms with E-state index >= 15 is 0 Å². The highest BCUT2D eigenvalue weighted by Crippen LogP contribution is 2.30. The second kappa shape index (κ2) is 6.70. The van der Waals surface area contributed by atoms with Crippen LogP contribution in [0, 0.1) is 0 Å². The van der Waals surface area contributed by atoms with Crippen LogP contribution in [0.3, 0.4) is 0 Å². The zero-order valence-corrected chi connectivity index (χ0v) is 13.3. The predicted molar refractivity (Wildman–Crippen MR) is 86.0 cm³/mol. The number of rotatable bonds is 5. The lowest BCUT2D eigenvalue weighted by molar-refractivity contribution is 0.307. The highest BCUT2D eigenvalue weighted by Gasteiger charge is 2.31. The molecule has 0 spiro atoms. The summed E-state index contributed by atoms with van der Waals surface area (Å²) in [6, 6.07) is 15.2. The van der Waals surface area contributed by atoms with Crippen LogP contribution in [0.15, 0.2) is 53.0 Å². The standard InChI is InChI=1S/C16H16BrClFN/c17-14-3-1-2-13(8-14)16(10-19,11-20)9-12-4-6-15(18)7-5-12/h1-8H,9-11,20H2/t16-/m1/s1. The fraction of sp³-hybridized carbons (Fsp3) is 0.250. The van der Waals surface area contributed by atoms with Gasteiger partial charge in [0.25, 0.3) is 0 Å². The molecule has 2 aromatic carbocycles. The van der Waals surface area contributed by atoms with Gasteiger partial charge in [-0.1, -0.05) is 51.8 Å². The van der Waals surface area contributed by atoms with Crippen molar-refractivity contribution in [1.29, 1.82) is 0 Å². The lowest BCUT2D eigenvalue weighted by Crippen LogP contribution is -2.39. The summed E-state index contributed by atoms with van der Waals surface area (Å²) in [4.78, 5) is 0. The van der Waals surface area contributed by atoms with Crippen molar-refractivity contribution in [2.75, 3.05) is 13.2 Å². The van der Waals surface area contributed by atoms with E-state index in [-0.39, 0.29) is 6.54 Å². The van der Waals surface area contributed by atoms with E-state index in [9.17, 15) is 4.39 Å². The van der Waals surface area contributed by atoms with Crippen LogP contribution in [0.4, 0.5) is 4.39 Å². The first-order valence-corrected chi connectivity index (χ1v) is 7.53. The van der Waals surface area contributed by atoms with Crippen molar-refractivity contribution < 1.29 is 4.39 Å². The van der Waals surface area contributed by atoms with E-state index in [1.165, 1.54) is 0 Å². The van der Waals surface area contributed by atoms with E-state index in [1.54, 1.807) is 0 Å². The summed E-state index contributed by atoms with van der Waals surface area (Å²) in [6.45, 7) is -0.245. The molecule has 4 heteroatoms. The van der Waals surface area contributed by atoms with E-state index in [4.69, 9.17) is 17.3 Å². The molecule has 106 valence electrons. The molecule has 0 bridgehead atoms. The summed E-state index contributed by atoms with van der Waals surface area (Å²) < 4.78 is 14.7. The molecule has 0 aromatic heterocycles. The monoisotopic (exact) mass is 355 g/mol. The fourth-order valence-electron chi connectivity index (χ4n) is 2.28. The number of nitrogens with two attached hydrogens (primary N) is 1. The molecule has 0 fully saturated rings. The molecular weight excluding hydrogens is 341 g/mol. The van der Waals surface area contributed by atoms with Crippen molar-refractivity contribution in [3.8, 4) is 0 Å². The van der Waals surface area contributed by atoms with Gasteiger partial charge in [0.2, 0.25) is 0 Å². The second-order valence-corrected chi connectivity index (χ2v) is 6.28. The van der Waals surface area contributed by atoms with Crippen LogP contribution in [0.1, 0.15) is 11.1 Å². The van der Waals surface area contributed by atoms with Crippen molar-refractivity contribution in [2.45, 2.75) is 11.8 Å². The fourth-order valence-corrected chi connectivity index (χ4v) is 2.81. The van der Waals surface area contributed by atoms with Crippen LogP contribution in [0.5, 0.6) is 0 Å². The van der Waals surface area contributed by atoms with Gasteiger partial charge in [-0.3, -0.25) is 4.39 Å². The Morgan fingerprint density at radius 2 is 1.85 bits per heavy atom. The summed E-state index contributed by atoms with van der Waals surface area (Å²) in [5.41, 5.74) is 7.13. The molecule has 20 heavy (non-hydrogen) atoms. The van der Waals surface area contributed by atoms with Crippen LogP contribution < -0.4 is 5.73 Å². The van der Waals surface area contributed by atoms with E-state index in [0.29, 0.717) is 11.4 Å². The third kappa shape index (κ3) is 3.40. The molecule has 0 radical (unpaired) electrons. The minimum Gasteiger partial charge on any atom is -0.329 e. The smallest absolute Gasteiger partial charge is 0.101 e. The van der Waals surface area contributed by atoms with Gasteiger partial charge in [0.15, 0.2) is 0 Å². The van der Waals surface area contributed by atoms with Gasteiger partial charge >= 0.3 is 0 Å². The Kier molecular flexibility index (Phi) is 5.19. The molecule has 2 aromatic rings. The average Bonchev–Trinajstić information content (AvgIpc) is 2.47. The summed E-state index contributed by atoms with van der Waals surface area (Å²) in [7, 11) is 0. The first-order chi connectivity index (χ1) is 9.59. The molecule has 2 N–H and O–H groups in total. The molecule has 0 aliphatic carbocycles. The molecule has 1 nitrogen and oxygen atoms in total. The maximum atomic E-state index is 13.8. The maximum Gasteiger partial charge on any atom is 0.101 e. The van der Waals surface area contributed by atoms with Crippen molar-refractivity contribution in [1.82, 2.24) is 0 Å². The van der Waals surface area contributed by atoms with Crippen LogP contribution in [-0.4, -0.2) is 13.2 Å². The Morgan fingerprint density at radius 1 is 1.15 bits per heavy atom. The summed E-state index contributed by atoms with van der Waals surface area (Å²) >= 11 is 9.31. The van der Waals surface area contributed by atoms with Crippen molar-refractivity contribution in [3.05, 3.63) is 69.2 Å². The van der Waals surface area contributed by atoms with Gasteiger partial charge in [-0.2, -0.15) is 0 Å². The van der Waals surface area contributed by atoms with Gasteiger partial charge < -0.3 is 5.73 Å². The van der Waals surface area contributed by atoms with E-state index in [1.807, 2.05) is 48.5 Å². The Bertz CT molecular complexity index is 567. The molecule has 0 saturated heterocycles. The molecule has 0 heterocycles. The second-order valence-electron chi connectivity index (χ2n) is 4.93. The zero-order valence-electron chi connectivity index (χ0n) is 11.0. The quantitative estimate of drug-likeness (QED) is 0.838. The van der Waals surface area contributed by atoms with Gasteiger partial charge in [-0.05, 0) is 41.8 Å². The van der Waals surface area contributed by atoms with Crippen molar-refractivity contribution in [3.63, 3.8) is 0 Å². The first kappa shape index (κ1) is 15.5. The first-order valence-electron chi connectivity index (χ1n) is 6.36. The maximum absolute atomic E-state index is 13.8. The van der Waals surface area contributed by atoms with E-state index in [0.717, 1.165) is 15.6 Å². The largest absolute Gasteiger partial charge is 0.329 e. The highest BCUT2D eigenvalue weighted by molar-refractivity contribution is 9.10. The molecule has 0 amide bonds. The summed E-state index contributed by atoms with van der Waals surface area (Å²) in [5, 5.41) is 0.676. The normalized spacial score (nSPS) is 14.0. The minimum atomic E-state index is -0.697. The Morgan fingerprint density at radius 3 is 2.40 bits per heavy atom. The molecule has 0 unspecified atom stereocenters. The Balaban J connectivity index is 2.36. The minimum absolute atomic E-state index is 0.253. The number of halogens is 3. The van der Waals surface area contributed by atoms with Gasteiger partial charge in [0.1, 0.15) is 6.67 Å².